The Labute approximate surface area is 221 Å². The first kappa shape index (κ1) is 25.1. The lowest BCUT2D eigenvalue weighted by molar-refractivity contribution is -0.143. The van der Waals surface area contributed by atoms with Crippen molar-refractivity contribution in [3.63, 3.8) is 0 Å². The lowest BCUT2D eigenvalue weighted by atomic mass is 9.97. The topological polar surface area (TPSA) is 84.9 Å². The number of amides is 1. The molecule has 0 heterocycles. The van der Waals surface area contributed by atoms with Gasteiger partial charge >= 0.3 is 12.1 Å². The molecule has 0 saturated carbocycles. The number of fused-ring (bicyclic) bond motifs is 3. The zero-order valence-electron chi connectivity index (χ0n) is 21.3. The van der Waals surface area contributed by atoms with Crippen LogP contribution in [0.2, 0.25) is 0 Å². The molecule has 1 atom stereocenters. The lowest BCUT2D eigenvalue weighted by Gasteiger charge is -2.19. The van der Waals surface area contributed by atoms with Gasteiger partial charge in [0.1, 0.15) is 18.4 Å². The molecule has 1 aliphatic carbocycles. The van der Waals surface area contributed by atoms with Crippen LogP contribution >= 0.6 is 0 Å². The monoisotopic (exact) mass is 507 g/mol. The first-order valence-corrected chi connectivity index (χ1v) is 12.5. The summed E-state index contributed by atoms with van der Waals surface area (Å²) in [5, 5.41) is 12.4. The van der Waals surface area contributed by atoms with E-state index in [9.17, 15) is 14.7 Å². The minimum absolute atomic E-state index is 0.0689. The molecular weight excluding hydrogens is 478 g/mol. The van der Waals surface area contributed by atoms with Crippen LogP contribution in [0.4, 0.5) is 4.79 Å². The predicted octanol–water partition coefficient (Wildman–Crippen LogP) is 5.99. The Hall–Kier alpha value is -4.58. The molecule has 0 aromatic heterocycles. The zero-order chi connectivity index (χ0) is 26.6. The standard InChI is InChI=1S/C32H29NO5/c1-20-17-23(34)15-16-24(20)22-13-11-21(12-14-22)18-30(31(35)37-2)33-32(36)38-19-29-27-9-5-3-7-25(27)26-8-4-6-10-28(26)29/h3-17,29-30,34H,18-19H2,1-2H3,(H,33,36)/t30-/m0/s1. The van der Waals surface area contributed by atoms with E-state index in [1.807, 2.05) is 61.5 Å². The number of phenols is 1. The Kier molecular flexibility index (Phi) is 7.13. The largest absolute Gasteiger partial charge is 0.508 e. The minimum atomic E-state index is -0.892. The second kappa shape index (κ2) is 10.8. The van der Waals surface area contributed by atoms with Crippen LogP contribution in [0.1, 0.15) is 28.2 Å². The van der Waals surface area contributed by atoms with E-state index in [0.29, 0.717) is 0 Å². The molecule has 1 aliphatic rings. The molecule has 0 fully saturated rings. The molecule has 1 amide bonds. The molecular formula is C32H29NO5. The highest BCUT2D eigenvalue weighted by molar-refractivity contribution is 5.82. The van der Waals surface area contributed by atoms with Gasteiger partial charge in [0.05, 0.1) is 7.11 Å². The van der Waals surface area contributed by atoms with E-state index < -0.39 is 18.1 Å². The highest BCUT2D eigenvalue weighted by atomic mass is 16.6. The van der Waals surface area contributed by atoms with E-state index >= 15 is 0 Å². The second-order valence-electron chi connectivity index (χ2n) is 9.45. The van der Waals surface area contributed by atoms with E-state index in [-0.39, 0.29) is 24.7 Å². The van der Waals surface area contributed by atoms with Crippen molar-refractivity contribution < 1.29 is 24.2 Å². The molecule has 0 saturated heterocycles. The average Bonchev–Trinajstić information content (AvgIpc) is 3.25. The number of alkyl carbamates (subject to hydrolysis) is 1. The van der Waals surface area contributed by atoms with Gasteiger partial charge in [0, 0.05) is 12.3 Å². The Balaban J connectivity index is 1.25. The number of esters is 1. The third-order valence-corrected chi connectivity index (χ3v) is 7.04. The van der Waals surface area contributed by atoms with Gasteiger partial charge in [-0.25, -0.2) is 9.59 Å². The van der Waals surface area contributed by atoms with Crippen LogP contribution in [0.5, 0.6) is 5.75 Å². The predicted molar refractivity (Wildman–Crippen MR) is 146 cm³/mol. The molecule has 192 valence electrons. The summed E-state index contributed by atoms with van der Waals surface area (Å²) in [6.45, 7) is 2.10. The van der Waals surface area contributed by atoms with Gasteiger partial charge in [-0.2, -0.15) is 0 Å². The van der Waals surface area contributed by atoms with Gasteiger partial charge in [-0.3, -0.25) is 0 Å². The zero-order valence-corrected chi connectivity index (χ0v) is 21.3. The van der Waals surface area contributed by atoms with Gasteiger partial charge in [0.25, 0.3) is 0 Å². The Bertz CT molecular complexity index is 1430. The van der Waals surface area contributed by atoms with Gasteiger partial charge < -0.3 is 19.9 Å². The van der Waals surface area contributed by atoms with E-state index in [0.717, 1.165) is 44.5 Å². The molecule has 2 N–H and O–H groups in total. The highest BCUT2D eigenvalue weighted by Gasteiger charge is 2.30. The summed E-state index contributed by atoms with van der Waals surface area (Å²) in [5.41, 5.74) is 8.36. The molecule has 38 heavy (non-hydrogen) atoms. The number of carbonyl (C=O) groups excluding carboxylic acids is 2. The molecule has 0 spiro atoms. The van der Waals surface area contributed by atoms with Crippen LogP contribution in [-0.4, -0.2) is 36.9 Å². The number of ether oxygens (including phenoxy) is 2. The molecule has 5 rings (SSSR count). The number of rotatable bonds is 7. The van der Waals surface area contributed by atoms with Crippen LogP contribution < -0.4 is 5.32 Å². The molecule has 0 unspecified atom stereocenters. The molecule has 4 aromatic rings. The Morgan fingerprint density at radius 1 is 0.868 bits per heavy atom. The van der Waals surface area contributed by atoms with E-state index in [1.54, 1.807) is 12.1 Å². The fraction of sp³-hybridized carbons (Fsp3) is 0.188. The number of hydrogen-bond acceptors (Lipinski definition) is 5. The molecule has 6 nitrogen and oxygen atoms in total. The number of nitrogens with one attached hydrogen (secondary N) is 1. The Morgan fingerprint density at radius 3 is 2.11 bits per heavy atom. The van der Waals surface area contributed by atoms with Crippen LogP contribution in [0.15, 0.2) is 91.0 Å². The van der Waals surface area contributed by atoms with Crippen molar-refractivity contribution >= 4 is 12.1 Å². The van der Waals surface area contributed by atoms with Crippen molar-refractivity contribution in [2.45, 2.75) is 25.3 Å². The smallest absolute Gasteiger partial charge is 0.407 e. The summed E-state index contributed by atoms with van der Waals surface area (Å²) in [7, 11) is 1.30. The molecule has 4 aromatic carbocycles. The number of benzene rings is 4. The maximum absolute atomic E-state index is 12.8. The lowest BCUT2D eigenvalue weighted by Crippen LogP contribution is -2.43. The van der Waals surface area contributed by atoms with Gasteiger partial charge in [-0.05, 0) is 63.6 Å². The summed E-state index contributed by atoms with van der Waals surface area (Å²) in [4.78, 5) is 25.3. The summed E-state index contributed by atoms with van der Waals surface area (Å²) in [5.74, 6) is -0.388. The first-order chi connectivity index (χ1) is 18.4. The molecule has 0 aliphatic heterocycles. The summed E-state index contributed by atoms with van der Waals surface area (Å²) in [6.07, 6.45) is -0.412. The number of aromatic hydroxyl groups is 1. The number of methoxy groups -OCH3 is 1. The molecule has 6 heteroatoms. The van der Waals surface area contributed by atoms with Crippen molar-refractivity contribution in [3.05, 3.63) is 113 Å². The van der Waals surface area contributed by atoms with Crippen LogP contribution in [0, 0.1) is 6.92 Å². The molecule has 0 bridgehead atoms. The van der Waals surface area contributed by atoms with E-state index in [4.69, 9.17) is 9.47 Å². The van der Waals surface area contributed by atoms with Crippen LogP contribution in [0.25, 0.3) is 22.3 Å². The first-order valence-electron chi connectivity index (χ1n) is 12.5. The van der Waals surface area contributed by atoms with Crippen LogP contribution in [-0.2, 0) is 20.7 Å². The third-order valence-electron chi connectivity index (χ3n) is 7.04. The van der Waals surface area contributed by atoms with Crippen molar-refractivity contribution in [2.24, 2.45) is 0 Å². The average molecular weight is 508 g/mol. The van der Waals surface area contributed by atoms with Crippen molar-refractivity contribution in [3.8, 4) is 28.0 Å². The maximum atomic E-state index is 12.8. The number of hydrogen-bond donors (Lipinski definition) is 2. The second-order valence-corrected chi connectivity index (χ2v) is 9.45. The highest BCUT2D eigenvalue weighted by Crippen LogP contribution is 2.44. The SMILES string of the molecule is COC(=O)[C@H](Cc1ccc(-c2ccc(O)cc2C)cc1)NC(=O)OCC1c2ccccc2-c2ccccc21. The number of carbonyl (C=O) groups is 2. The van der Waals surface area contributed by atoms with Crippen molar-refractivity contribution in [2.75, 3.05) is 13.7 Å². The fourth-order valence-corrected chi connectivity index (χ4v) is 5.15. The van der Waals surface area contributed by atoms with Crippen molar-refractivity contribution in [1.29, 1.82) is 0 Å². The summed E-state index contributed by atoms with van der Waals surface area (Å²) in [6, 6.07) is 28.3. The summed E-state index contributed by atoms with van der Waals surface area (Å²) < 4.78 is 10.6. The van der Waals surface area contributed by atoms with E-state index in [1.165, 1.54) is 7.11 Å². The van der Waals surface area contributed by atoms with E-state index in [2.05, 4.69) is 29.6 Å². The van der Waals surface area contributed by atoms with Crippen molar-refractivity contribution in [1.82, 2.24) is 5.32 Å². The van der Waals surface area contributed by atoms with Gasteiger partial charge in [0.15, 0.2) is 0 Å². The quantitative estimate of drug-likeness (QED) is 0.300. The van der Waals surface area contributed by atoms with Gasteiger partial charge in [0.2, 0.25) is 0 Å². The third kappa shape index (κ3) is 5.11. The Morgan fingerprint density at radius 2 is 1.50 bits per heavy atom. The number of phenolic OH excluding ortho intramolecular Hbond substituents is 1. The number of aryl methyl sites for hydroxylation is 1. The van der Waals surface area contributed by atoms with Crippen LogP contribution in [0.3, 0.4) is 0 Å². The minimum Gasteiger partial charge on any atom is -0.508 e. The van der Waals surface area contributed by atoms with Gasteiger partial charge in [-0.1, -0.05) is 78.9 Å². The normalized spacial score (nSPS) is 12.8. The summed E-state index contributed by atoms with van der Waals surface area (Å²) >= 11 is 0. The fourth-order valence-electron chi connectivity index (χ4n) is 5.15. The maximum Gasteiger partial charge on any atom is 0.407 e. The van der Waals surface area contributed by atoms with Gasteiger partial charge in [-0.15, -0.1) is 0 Å². The molecule has 0 radical (unpaired) electrons.